The number of aryl methyl sites for hydroxylation is 1. The van der Waals surface area contributed by atoms with Crippen LogP contribution >= 0.6 is 0 Å². The van der Waals surface area contributed by atoms with Crippen LogP contribution in [-0.4, -0.2) is 29.4 Å². The molecule has 4 aromatic rings. The standard InChI is InChI=1S/C14H10F2N6O/c1-21-13-9(5-18-21)14-19-12(20-22(14)7-17-13)6-23-11-3-2-8(15)4-10(11)16/h2-5,7H,6H2,1H3. The fraction of sp³-hybridized carbons (Fsp3) is 0.143. The molecule has 0 aliphatic heterocycles. The summed E-state index contributed by atoms with van der Waals surface area (Å²) in [6.45, 7) is -0.0496. The van der Waals surface area contributed by atoms with Crippen LogP contribution in [0.15, 0.2) is 30.7 Å². The van der Waals surface area contributed by atoms with E-state index in [0.29, 0.717) is 17.1 Å². The van der Waals surface area contributed by atoms with Gasteiger partial charge in [-0.05, 0) is 12.1 Å². The average molecular weight is 316 g/mol. The van der Waals surface area contributed by atoms with Crippen LogP contribution in [0, 0.1) is 11.6 Å². The number of ether oxygens (including phenoxy) is 1. The number of halogens is 2. The average Bonchev–Trinajstić information content (AvgIpc) is 3.09. The van der Waals surface area contributed by atoms with Gasteiger partial charge in [0.1, 0.15) is 18.8 Å². The molecule has 7 nitrogen and oxygen atoms in total. The van der Waals surface area contributed by atoms with Crippen molar-refractivity contribution in [3.63, 3.8) is 0 Å². The van der Waals surface area contributed by atoms with Crippen molar-refractivity contribution in [1.82, 2.24) is 29.4 Å². The Bertz CT molecular complexity index is 1020. The van der Waals surface area contributed by atoms with Gasteiger partial charge in [-0.2, -0.15) is 5.10 Å². The summed E-state index contributed by atoms with van der Waals surface area (Å²) < 4.78 is 34.8. The van der Waals surface area contributed by atoms with Crippen LogP contribution in [0.25, 0.3) is 16.7 Å². The molecule has 4 rings (SSSR count). The minimum absolute atomic E-state index is 0.0496. The van der Waals surface area contributed by atoms with Crippen LogP contribution in [0.5, 0.6) is 5.75 Å². The summed E-state index contributed by atoms with van der Waals surface area (Å²) in [6.07, 6.45) is 3.17. The van der Waals surface area contributed by atoms with Crippen LogP contribution in [0.3, 0.4) is 0 Å². The summed E-state index contributed by atoms with van der Waals surface area (Å²) >= 11 is 0. The van der Waals surface area contributed by atoms with E-state index in [1.165, 1.54) is 16.9 Å². The Morgan fingerprint density at radius 1 is 1.22 bits per heavy atom. The second kappa shape index (κ2) is 4.97. The van der Waals surface area contributed by atoms with E-state index < -0.39 is 11.6 Å². The highest BCUT2D eigenvalue weighted by Gasteiger charge is 2.12. The van der Waals surface area contributed by atoms with Crippen molar-refractivity contribution in [1.29, 1.82) is 0 Å². The van der Waals surface area contributed by atoms with Crippen molar-refractivity contribution >= 4 is 16.7 Å². The maximum Gasteiger partial charge on any atom is 0.189 e. The summed E-state index contributed by atoms with van der Waals surface area (Å²) in [6, 6.07) is 3.11. The first kappa shape index (κ1) is 13.6. The molecule has 0 aliphatic rings. The molecule has 0 saturated carbocycles. The first-order valence-electron chi connectivity index (χ1n) is 6.71. The van der Waals surface area contributed by atoms with E-state index in [0.717, 1.165) is 17.5 Å². The largest absolute Gasteiger partial charge is 0.482 e. The highest BCUT2D eigenvalue weighted by Crippen LogP contribution is 2.19. The first-order chi connectivity index (χ1) is 11.1. The van der Waals surface area contributed by atoms with E-state index in [-0.39, 0.29) is 12.4 Å². The SMILES string of the molecule is Cn1ncc2c1ncn1nc(COc3ccc(F)cc3F)nc21. The van der Waals surface area contributed by atoms with Crippen LogP contribution < -0.4 is 4.74 Å². The molecule has 23 heavy (non-hydrogen) atoms. The van der Waals surface area contributed by atoms with Crippen molar-refractivity contribution in [2.45, 2.75) is 6.61 Å². The second-order valence-electron chi connectivity index (χ2n) is 4.91. The van der Waals surface area contributed by atoms with Crippen molar-refractivity contribution in [2.75, 3.05) is 0 Å². The molecule has 116 valence electrons. The summed E-state index contributed by atoms with van der Waals surface area (Å²) in [4.78, 5) is 8.60. The number of hydrogen-bond acceptors (Lipinski definition) is 5. The molecule has 9 heteroatoms. The molecule has 3 heterocycles. The van der Waals surface area contributed by atoms with E-state index in [1.54, 1.807) is 17.9 Å². The Morgan fingerprint density at radius 2 is 2.09 bits per heavy atom. The fourth-order valence-electron chi connectivity index (χ4n) is 2.28. The predicted octanol–water partition coefficient (Wildman–Crippen LogP) is 1.87. The molecule has 0 fully saturated rings. The molecular formula is C14H10F2N6O. The molecule has 0 aliphatic carbocycles. The molecule has 0 spiro atoms. The Kier molecular flexibility index (Phi) is 2.93. The lowest BCUT2D eigenvalue weighted by molar-refractivity contribution is 0.280. The highest BCUT2D eigenvalue weighted by molar-refractivity contribution is 5.88. The van der Waals surface area contributed by atoms with Gasteiger partial charge in [0.25, 0.3) is 0 Å². The lowest BCUT2D eigenvalue weighted by Crippen LogP contribution is -2.00. The molecule has 0 saturated heterocycles. The molecule has 0 amide bonds. The predicted molar refractivity (Wildman–Crippen MR) is 75.7 cm³/mol. The Hall–Kier alpha value is -3.10. The van der Waals surface area contributed by atoms with E-state index in [4.69, 9.17) is 4.74 Å². The van der Waals surface area contributed by atoms with Gasteiger partial charge in [0.05, 0.1) is 11.6 Å². The van der Waals surface area contributed by atoms with Crippen LogP contribution in [0.1, 0.15) is 5.82 Å². The summed E-state index contributed by atoms with van der Waals surface area (Å²) in [5.74, 6) is -1.14. The Morgan fingerprint density at radius 3 is 2.91 bits per heavy atom. The number of nitrogens with zero attached hydrogens (tertiary/aromatic N) is 6. The number of benzene rings is 1. The first-order valence-corrected chi connectivity index (χ1v) is 6.71. The third-order valence-electron chi connectivity index (χ3n) is 3.36. The van der Waals surface area contributed by atoms with Gasteiger partial charge < -0.3 is 4.74 Å². The molecule has 0 atom stereocenters. The van der Waals surface area contributed by atoms with Gasteiger partial charge >= 0.3 is 0 Å². The van der Waals surface area contributed by atoms with Gasteiger partial charge in [0.2, 0.25) is 0 Å². The van der Waals surface area contributed by atoms with Crippen LogP contribution in [-0.2, 0) is 13.7 Å². The molecule has 0 radical (unpaired) electrons. The molecule has 0 bridgehead atoms. The molecule has 0 unspecified atom stereocenters. The van der Waals surface area contributed by atoms with Gasteiger partial charge in [-0.15, -0.1) is 5.10 Å². The number of fused-ring (bicyclic) bond motifs is 3. The number of hydrogen-bond donors (Lipinski definition) is 0. The quantitative estimate of drug-likeness (QED) is 0.577. The Labute approximate surface area is 128 Å². The normalized spacial score (nSPS) is 11.4. The minimum atomic E-state index is -0.773. The number of aromatic nitrogens is 6. The van der Waals surface area contributed by atoms with Crippen molar-refractivity contribution < 1.29 is 13.5 Å². The van der Waals surface area contributed by atoms with Crippen molar-refractivity contribution in [3.05, 3.63) is 48.2 Å². The smallest absolute Gasteiger partial charge is 0.189 e. The summed E-state index contributed by atoms with van der Waals surface area (Å²) in [5, 5.41) is 9.10. The van der Waals surface area contributed by atoms with E-state index in [1.807, 2.05) is 0 Å². The fourth-order valence-corrected chi connectivity index (χ4v) is 2.28. The van der Waals surface area contributed by atoms with E-state index in [9.17, 15) is 8.78 Å². The van der Waals surface area contributed by atoms with E-state index in [2.05, 4.69) is 20.2 Å². The van der Waals surface area contributed by atoms with Crippen molar-refractivity contribution in [2.24, 2.45) is 7.05 Å². The van der Waals surface area contributed by atoms with Gasteiger partial charge in [-0.25, -0.2) is 23.3 Å². The molecule has 0 N–H and O–H groups in total. The van der Waals surface area contributed by atoms with Gasteiger partial charge in [0.15, 0.2) is 28.7 Å². The molecule has 1 aromatic carbocycles. The topological polar surface area (TPSA) is 70.1 Å². The van der Waals surface area contributed by atoms with Crippen molar-refractivity contribution in [3.8, 4) is 5.75 Å². The van der Waals surface area contributed by atoms with Gasteiger partial charge in [-0.1, -0.05) is 0 Å². The monoisotopic (exact) mass is 316 g/mol. The number of rotatable bonds is 3. The zero-order chi connectivity index (χ0) is 16.0. The maximum absolute atomic E-state index is 13.5. The minimum Gasteiger partial charge on any atom is -0.482 e. The second-order valence-corrected chi connectivity index (χ2v) is 4.91. The van der Waals surface area contributed by atoms with Crippen LogP contribution in [0.4, 0.5) is 8.78 Å². The third kappa shape index (κ3) is 2.26. The van der Waals surface area contributed by atoms with Gasteiger partial charge in [0, 0.05) is 13.1 Å². The zero-order valence-corrected chi connectivity index (χ0v) is 11.9. The maximum atomic E-state index is 13.5. The summed E-state index contributed by atoms with van der Waals surface area (Å²) in [7, 11) is 1.78. The van der Waals surface area contributed by atoms with E-state index >= 15 is 0 Å². The third-order valence-corrected chi connectivity index (χ3v) is 3.36. The highest BCUT2D eigenvalue weighted by atomic mass is 19.1. The lowest BCUT2D eigenvalue weighted by atomic mass is 10.3. The lowest BCUT2D eigenvalue weighted by Gasteiger charge is -2.04. The van der Waals surface area contributed by atoms with Crippen LogP contribution in [0.2, 0.25) is 0 Å². The Balaban J connectivity index is 1.65. The zero-order valence-electron chi connectivity index (χ0n) is 11.9. The molecular weight excluding hydrogens is 306 g/mol. The van der Waals surface area contributed by atoms with Gasteiger partial charge in [-0.3, -0.25) is 4.68 Å². The molecule has 3 aromatic heterocycles. The summed E-state index contributed by atoms with van der Waals surface area (Å²) in [5.41, 5.74) is 1.27.